The van der Waals surface area contributed by atoms with E-state index in [1.165, 1.54) is 12.1 Å². The Morgan fingerprint density at radius 2 is 1.75 bits per heavy atom. The molecule has 2 aromatic rings. The third-order valence-electron chi connectivity index (χ3n) is 2.81. The van der Waals surface area contributed by atoms with Gasteiger partial charge in [-0.1, -0.05) is 11.6 Å². The van der Waals surface area contributed by atoms with Crippen LogP contribution in [-0.2, 0) is 0 Å². The van der Waals surface area contributed by atoms with E-state index in [4.69, 9.17) is 11.6 Å². The van der Waals surface area contributed by atoms with E-state index < -0.39 is 6.61 Å². The van der Waals surface area contributed by atoms with Crippen molar-refractivity contribution in [1.82, 2.24) is 10.2 Å². The number of hydrogen-bond acceptors (Lipinski definition) is 4. The van der Waals surface area contributed by atoms with Crippen molar-refractivity contribution in [3.05, 3.63) is 40.5 Å². The molecule has 0 bridgehead atoms. The highest BCUT2D eigenvalue weighted by atomic mass is 35.5. The molecule has 2 rings (SSSR count). The summed E-state index contributed by atoms with van der Waals surface area (Å²) in [5.74, 6) is 0.662. The monoisotopic (exact) mass is 299 g/mol. The van der Waals surface area contributed by atoms with Gasteiger partial charge < -0.3 is 10.1 Å². The molecular formula is C13H12ClF2N3O. The zero-order valence-corrected chi connectivity index (χ0v) is 11.6. The average Bonchev–Trinajstić information content (AvgIpc) is 2.41. The van der Waals surface area contributed by atoms with Crippen LogP contribution in [0.1, 0.15) is 11.1 Å². The van der Waals surface area contributed by atoms with Crippen LogP contribution in [-0.4, -0.2) is 16.8 Å². The lowest BCUT2D eigenvalue weighted by molar-refractivity contribution is -0.0498. The van der Waals surface area contributed by atoms with Gasteiger partial charge in [0.2, 0.25) is 0 Å². The van der Waals surface area contributed by atoms with Crippen molar-refractivity contribution in [2.45, 2.75) is 20.5 Å². The molecule has 4 nitrogen and oxygen atoms in total. The van der Waals surface area contributed by atoms with Crippen molar-refractivity contribution < 1.29 is 13.5 Å². The third-order valence-corrected chi connectivity index (χ3v) is 3.17. The molecule has 0 unspecified atom stereocenters. The number of alkyl halides is 2. The van der Waals surface area contributed by atoms with Gasteiger partial charge in [0, 0.05) is 5.69 Å². The topological polar surface area (TPSA) is 47.0 Å². The number of nitrogens with zero attached hydrogens (tertiary/aromatic N) is 2. The highest BCUT2D eigenvalue weighted by molar-refractivity contribution is 6.30. The largest absolute Gasteiger partial charge is 0.435 e. The smallest absolute Gasteiger partial charge is 0.387 e. The number of ether oxygens (including phenoxy) is 1. The fraction of sp³-hybridized carbons (Fsp3) is 0.231. The molecule has 1 N–H and O–H groups in total. The van der Waals surface area contributed by atoms with Crippen LogP contribution >= 0.6 is 11.6 Å². The van der Waals surface area contributed by atoms with Gasteiger partial charge in [-0.2, -0.15) is 8.78 Å². The molecule has 0 saturated carbocycles. The summed E-state index contributed by atoms with van der Waals surface area (Å²) in [5.41, 5.74) is 2.39. The second-order valence-electron chi connectivity index (χ2n) is 4.12. The molecular weight excluding hydrogens is 288 g/mol. The van der Waals surface area contributed by atoms with Gasteiger partial charge in [0.25, 0.3) is 0 Å². The Labute approximate surface area is 119 Å². The number of benzene rings is 1. The Balaban J connectivity index is 2.16. The Bertz CT molecular complexity index is 605. The lowest BCUT2D eigenvalue weighted by Crippen LogP contribution is -2.03. The first-order valence-electron chi connectivity index (χ1n) is 5.78. The normalized spacial score (nSPS) is 10.7. The number of nitrogens with one attached hydrogen (secondary N) is 1. The molecule has 20 heavy (non-hydrogen) atoms. The molecule has 0 amide bonds. The summed E-state index contributed by atoms with van der Waals surface area (Å²) >= 11 is 5.87. The first kappa shape index (κ1) is 14.5. The molecule has 0 fully saturated rings. The minimum Gasteiger partial charge on any atom is -0.435 e. The first-order valence-corrected chi connectivity index (χ1v) is 6.16. The summed E-state index contributed by atoms with van der Waals surface area (Å²) in [5, 5.41) is 11.2. The van der Waals surface area contributed by atoms with Crippen molar-refractivity contribution in [1.29, 1.82) is 0 Å². The number of aromatic nitrogens is 2. The highest BCUT2D eigenvalue weighted by Gasteiger charge is 2.09. The standard InChI is InChI=1S/C13H12ClF2N3O/c1-7-8(2)12(19-18-11(7)14)17-9-3-5-10(6-4-9)20-13(15)16/h3-6,13H,1-2H3,(H,17,19). The average molecular weight is 300 g/mol. The number of rotatable bonds is 4. The van der Waals surface area contributed by atoms with Gasteiger partial charge in [-0.25, -0.2) is 0 Å². The molecule has 7 heteroatoms. The third kappa shape index (κ3) is 3.33. The van der Waals surface area contributed by atoms with Crippen LogP contribution in [0.3, 0.4) is 0 Å². The molecule has 1 aromatic carbocycles. The van der Waals surface area contributed by atoms with E-state index in [0.717, 1.165) is 11.1 Å². The molecule has 0 radical (unpaired) electrons. The molecule has 1 heterocycles. The summed E-state index contributed by atoms with van der Waals surface area (Å²) in [6.07, 6.45) is 0. The van der Waals surface area contributed by atoms with Crippen LogP contribution < -0.4 is 10.1 Å². The van der Waals surface area contributed by atoms with Gasteiger partial charge in [-0.3, -0.25) is 0 Å². The molecule has 0 aliphatic carbocycles. The van der Waals surface area contributed by atoms with E-state index in [0.29, 0.717) is 16.7 Å². The zero-order valence-electron chi connectivity index (χ0n) is 10.8. The second kappa shape index (κ2) is 6.00. The maximum absolute atomic E-state index is 12.0. The highest BCUT2D eigenvalue weighted by Crippen LogP contribution is 2.25. The lowest BCUT2D eigenvalue weighted by Gasteiger charge is -2.11. The van der Waals surface area contributed by atoms with Crippen molar-refractivity contribution >= 4 is 23.1 Å². The lowest BCUT2D eigenvalue weighted by atomic mass is 10.2. The van der Waals surface area contributed by atoms with Crippen LogP contribution in [0.4, 0.5) is 20.3 Å². The van der Waals surface area contributed by atoms with Crippen LogP contribution in [0.25, 0.3) is 0 Å². The van der Waals surface area contributed by atoms with Gasteiger partial charge in [-0.05, 0) is 49.2 Å². The molecule has 1 aromatic heterocycles. The van der Waals surface area contributed by atoms with Crippen molar-refractivity contribution in [3.63, 3.8) is 0 Å². The molecule has 0 atom stereocenters. The quantitative estimate of drug-likeness (QED) is 0.923. The Kier molecular flexibility index (Phi) is 4.34. The van der Waals surface area contributed by atoms with Gasteiger partial charge in [0.05, 0.1) is 0 Å². The fourth-order valence-corrected chi connectivity index (χ4v) is 1.73. The van der Waals surface area contributed by atoms with Crippen LogP contribution in [0.2, 0.25) is 5.15 Å². The molecule has 106 valence electrons. The predicted octanol–water partition coefficient (Wildman–Crippen LogP) is 4.09. The summed E-state index contributed by atoms with van der Waals surface area (Å²) in [4.78, 5) is 0. The van der Waals surface area contributed by atoms with E-state index in [9.17, 15) is 8.78 Å². The van der Waals surface area contributed by atoms with Crippen molar-refractivity contribution in [3.8, 4) is 5.75 Å². The minimum absolute atomic E-state index is 0.0978. The van der Waals surface area contributed by atoms with E-state index >= 15 is 0 Å². The maximum Gasteiger partial charge on any atom is 0.387 e. The van der Waals surface area contributed by atoms with Crippen molar-refractivity contribution in [2.24, 2.45) is 0 Å². The van der Waals surface area contributed by atoms with Crippen molar-refractivity contribution in [2.75, 3.05) is 5.32 Å². The van der Waals surface area contributed by atoms with Gasteiger partial charge in [-0.15, -0.1) is 10.2 Å². The number of anilines is 2. The van der Waals surface area contributed by atoms with Gasteiger partial charge >= 0.3 is 6.61 Å². The molecule has 0 aliphatic heterocycles. The number of hydrogen-bond donors (Lipinski definition) is 1. The minimum atomic E-state index is -2.83. The summed E-state index contributed by atoms with van der Waals surface area (Å²) in [6.45, 7) is 0.879. The van der Waals surface area contributed by atoms with Crippen LogP contribution in [0.5, 0.6) is 5.75 Å². The predicted molar refractivity (Wildman–Crippen MR) is 72.9 cm³/mol. The van der Waals surface area contributed by atoms with E-state index in [1.807, 2.05) is 13.8 Å². The first-order chi connectivity index (χ1) is 9.47. The molecule has 0 aliphatic rings. The SMILES string of the molecule is Cc1c(Cl)nnc(Nc2ccc(OC(F)F)cc2)c1C. The number of halogens is 3. The van der Waals surface area contributed by atoms with E-state index in [1.54, 1.807) is 12.1 Å². The molecule has 0 saturated heterocycles. The zero-order chi connectivity index (χ0) is 14.7. The summed E-state index contributed by atoms with van der Waals surface area (Å²) in [7, 11) is 0. The van der Waals surface area contributed by atoms with E-state index in [2.05, 4.69) is 20.3 Å². The Hall–Kier alpha value is -1.95. The van der Waals surface area contributed by atoms with E-state index in [-0.39, 0.29) is 5.75 Å². The van der Waals surface area contributed by atoms with Crippen LogP contribution in [0, 0.1) is 13.8 Å². The van der Waals surface area contributed by atoms with Crippen LogP contribution in [0.15, 0.2) is 24.3 Å². The molecule has 0 spiro atoms. The Morgan fingerprint density at radius 1 is 1.10 bits per heavy atom. The second-order valence-corrected chi connectivity index (χ2v) is 4.48. The maximum atomic E-state index is 12.0. The van der Waals surface area contributed by atoms with Gasteiger partial charge in [0.1, 0.15) is 5.75 Å². The fourth-order valence-electron chi connectivity index (χ4n) is 1.55. The summed E-state index contributed by atoms with van der Waals surface area (Å²) < 4.78 is 28.3. The summed E-state index contributed by atoms with van der Waals surface area (Å²) in [6, 6.07) is 6.12. The van der Waals surface area contributed by atoms with Gasteiger partial charge in [0.15, 0.2) is 11.0 Å². The Morgan fingerprint density at radius 3 is 2.35 bits per heavy atom.